The summed E-state index contributed by atoms with van der Waals surface area (Å²) in [4.78, 5) is 23.2. The Labute approximate surface area is 119 Å². The second-order valence-corrected chi connectivity index (χ2v) is 4.72. The molecule has 0 spiro atoms. The van der Waals surface area contributed by atoms with Gasteiger partial charge in [0.15, 0.2) is 5.56 Å². The molecule has 0 aliphatic heterocycles. The number of thioether (sulfide) groups is 1. The molecule has 1 heterocycles. The smallest absolute Gasteiger partial charge is 0.352 e. The Balaban J connectivity index is 2.55. The molecule has 5 nitrogen and oxygen atoms in total. The van der Waals surface area contributed by atoms with Crippen LogP contribution in [-0.2, 0) is 0 Å². The number of carboxylic acids is 1. The van der Waals surface area contributed by atoms with Crippen LogP contribution in [0.3, 0.4) is 0 Å². The Kier molecular flexibility index (Phi) is 4.14. The first-order valence-electron chi connectivity index (χ1n) is 5.66. The van der Waals surface area contributed by atoms with Gasteiger partial charge in [0.1, 0.15) is 11.5 Å². The Bertz CT molecular complexity index is 688. The summed E-state index contributed by atoms with van der Waals surface area (Å²) in [7, 11) is 1.56. The van der Waals surface area contributed by atoms with E-state index in [0.29, 0.717) is 22.0 Å². The van der Waals surface area contributed by atoms with Crippen molar-refractivity contribution >= 4 is 17.7 Å². The molecule has 6 heteroatoms. The third-order valence-electron chi connectivity index (χ3n) is 2.72. The maximum atomic E-state index is 11.8. The van der Waals surface area contributed by atoms with Crippen LogP contribution in [0.25, 0.3) is 11.3 Å². The van der Waals surface area contributed by atoms with E-state index in [0.717, 1.165) is 0 Å². The molecule has 0 fully saturated rings. The molecule has 0 bridgehead atoms. The van der Waals surface area contributed by atoms with E-state index in [-0.39, 0.29) is 5.56 Å². The first-order valence-corrected chi connectivity index (χ1v) is 6.89. The van der Waals surface area contributed by atoms with Gasteiger partial charge in [0, 0.05) is 10.5 Å². The summed E-state index contributed by atoms with van der Waals surface area (Å²) in [6.07, 6.45) is 1.71. The van der Waals surface area contributed by atoms with E-state index in [1.54, 1.807) is 43.7 Å². The van der Waals surface area contributed by atoms with Crippen molar-refractivity contribution in [2.45, 2.75) is 4.90 Å². The van der Waals surface area contributed by atoms with Crippen molar-refractivity contribution in [1.29, 1.82) is 0 Å². The quantitative estimate of drug-likeness (QED) is 0.873. The molecule has 0 atom stereocenters. The van der Waals surface area contributed by atoms with Crippen LogP contribution in [0.15, 0.2) is 44.4 Å². The monoisotopic (exact) mass is 292 g/mol. The lowest BCUT2D eigenvalue weighted by Crippen LogP contribution is -2.15. The Hall–Kier alpha value is -2.21. The first-order chi connectivity index (χ1) is 9.56. The van der Waals surface area contributed by atoms with Crippen LogP contribution in [0.2, 0.25) is 0 Å². The molecule has 0 saturated heterocycles. The summed E-state index contributed by atoms with van der Waals surface area (Å²) in [5, 5.41) is 9.02. The van der Waals surface area contributed by atoms with Gasteiger partial charge in [-0.25, -0.2) is 9.59 Å². The van der Waals surface area contributed by atoms with Crippen molar-refractivity contribution in [2.75, 3.05) is 13.4 Å². The van der Waals surface area contributed by atoms with E-state index in [4.69, 9.17) is 14.3 Å². The van der Waals surface area contributed by atoms with Gasteiger partial charge in [0.2, 0.25) is 0 Å². The van der Waals surface area contributed by atoms with Crippen LogP contribution in [0.5, 0.6) is 5.75 Å². The lowest BCUT2D eigenvalue weighted by Gasteiger charge is -2.06. The maximum Gasteiger partial charge on any atom is 0.352 e. The van der Waals surface area contributed by atoms with Crippen LogP contribution in [0.4, 0.5) is 0 Å². The largest absolute Gasteiger partial charge is 0.497 e. The molecular weight excluding hydrogens is 280 g/mol. The molecule has 1 aromatic heterocycles. The molecule has 104 valence electrons. The SMILES string of the molecule is COc1ccc(-c2cc(SC)c(C(=O)O)c(=O)o2)cc1. The summed E-state index contributed by atoms with van der Waals surface area (Å²) < 4.78 is 10.1. The second kappa shape index (κ2) is 5.83. The zero-order chi connectivity index (χ0) is 14.7. The van der Waals surface area contributed by atoms with E-state index in [1.165, 1.54) is 11.8 Å². The number of hydrogen-bond acceptors (Lipinski definition) is 5. The van der Waals surface area contributed by atoms with Crippen molar-refractivity contribution in [2.24, 2.45) is 0 Å². The van der Waals surface area contributed by atoms with Gasteiger partial charge >= 0.3 is 11.6 Å². The number of ether oxygens (including phenoxy) is 1. The van der Waals surface area contributed by atoms with Crippen LogP contribution >= 0.6 is 11.8 Å². The fourth-order valence-corrected chi connectivity index (χ4v) is 2.32. The fraction of sp³-hybridized carbons (Fsp3) is 0.143. The minimum atomic E-state index is -1.29. The molecule has 0 unspecified atom stereocenters. The zero-order valence-corrected chi connectivity index (χ0v) is 11.7. The average molecular weight is 292 g/mol. The van der Waals surface area contributed by atoms with Gasteiger partial charge in [0.25, 0.3) is 0 Å². The zero-order valence-electron chi connectivity index (χ0n) is 10.9. The topological polar surface area (TPSA) is 76.7 Å². The van der Waals surface area contributed by atoms with Crippen molar-refractivity contribution in [3.63, 3.8) is 0 Å². The Morgan fingerprint density at radius 2 is 1.95 bits per heavy atom. The van der Waals surface area contributed by atoms with Crippen LogP contribution < -0.4 is 10.4 Å². The number of carboxylic acid groups (broad SMARTS) is 1. The molecular formula is C14H12O5S. The normalized spacial score (nSPS) is 10.3. The molecule has 0 aliphatic rings. The number of carbonyl (C=O) groups is 1. The van der Waals surface area contributed by atoms with Crippen LogP contribution in [0.1, 0.15) is 10.4 Å². The maximum absolute atomic E-state index is 11.8. The number of rotatable bonds is 4. The van der Waals surface area contributed by atoms with Gasteiger partial charge in [0.05, 0.1) is 7.11 Å². The van der Waals surface area contributed by atoms with Gasteiger partial charge in [-0.1, -0.05) is 0 Å². The van der Waals surface area contributed by atoms with Gasteiger partial charge in [-0.3, -0.25) is 0 Å². The summed E-state index contributed by atoms with van der Waals surface area (Å²) in [5.74, 6) is -0.278. The number of aromatic carboxylic acids is 1. The Morgan fingerprint density at radius 3 is 2.45 bits per heavy atom. The van der Waals surface area contributed by atoms with E-state index in [9.17, 15) is 9.59 Å². The minimum Gasteiger partial charge on any atom is -0.497 e. The predicted octanol–water partition coefficient (Wildman–Crippen LogP) is 2.74. The van der Waals surface area contributed by atoms with Gasteiger partial charge in [-0.2, -0.15) is 0 Å². The molecule has 1 aromatic carbocycles. The number of hydrogen-bond donors (Lipinski definition) is 1. The third-order valence-corrected chi connectivity index (χ3v) is 3.49. The molecule has 0 aliphatic carbocycles. The van der Waals surface area contributed by atoms with E-state index in [1.807, 2.05) is 0 Å². The third kappa shape index (κ3) is 2.70. The van der Waals surface area contributed by atoms with Gasteiger partial charge in [-0.05, 0) is 36.6 Å². The molecule has 20 heavy (non-hydrogen) atoms. The number of benzene rings is 1. The standard InChI is InChI=1S/C14H12O5S/c1-18-9-5-3-8(4-6-9)10-7-11(20-2)12(13(15)16)14(17)19-10/h3-7H,1-2H3,(H,15,16). The lowest BCUT2D eigenvalue weighted by molar-refractivity contribution is 0.0688. The van der Waals surface area contributed by atoms with Crippen molar-refractivity contribution in [3.8, 4) is 17.1 Å². The first kappa shape index (κ1) is 14.2. The Morgan fingerprint density at radius 1 is 1.30 bits per heavy atom. The summed E-state index contributed by atoms with van der Waals surface area (Å²) in [6, 6.07) is 8.50. The lowest BCUT2D eigenvalue weighted by atomic mass is 10.1. The second-order valence-electron chi connectivity index (χ2n) is 3.88. The van der Waals surface area contributed by atoms with Crippen LogP contribution in [0, 0.1) is 0 Å². The molecule has 0 radical (unpaired) electrons. The molecule has 2 aromatic rings. The minimum absolute atomic E-state index is 0.326. The highest BCUT2D eigenvalue weighted by Gasteiger charge is 2.18. The van der Waals surface area contributed by atoms with Crippen molar-refractivity contribution in [1.82, 2.24) is 0 Å². The predicted molar refractivity (Wildman–Crippen MR) is 75.7 cm³/mol. The van der Waals surface area contributed by atoms with E-state index < -0.39 is 11.6 Å². The molecule has 1 N–H and O–H groups in total. The summed E-state index contributed by atoms with van der Waals surface area (Å²) in [6.45, 7) is 0. The molecule has 0 amide bonds. The van der Waals surface area contributed by atoms with Gasteiger partial charge < -0.3 is 14.3 Å². The van der Waals surface area contributed by atoms with Gasteiger partial charge in [-0.15, -0.1) is 11.8 Å². The van der Waals surface area contributed by atoms with E-state index >= 15 is 0 Å². The highest BCUT2D eigenvalue weighted by Crippen LogP contribution is 2.26. The average Bonchev–Trinajstić information content (AvgIpc) is 2.46. The van der Waals surface area contributed by atoms with Crippen molar-refractivity contribution < 1.29 is 19.1 Å². The van der Waals surface area contributed by atoms with Crippen LogP contribution in [-0.4, -0.2) is 24.4 Å². The van der Waals surface area contributed by atoms with E-state index in [2.05, 4.69) is 0 Å². The molecule has 2 rings (SSSR count). The highest BCUT2D eigenvalue weighted by molar-refractivity contribution is 7.98. The number of methoxy groups -OCH3 is 1. The summed E-state index contributed by atoms with van der Waals surface area (Å²) >= 11 is 1.19. The molecule has 0 saturated carbocycles. The summed E-state index contributed by atoms with van der Waals surface area (Å²) in [5.41, 5.74) is -0.514. The fourth-order valence-electron chi connectivity index (χ4n) is 1.72. The van der Waals surface area contributed by atoms with Crippen molar-refractivity contribution in [3.05, 3.63) is 46.3 Å². The highest BCUT2D eigenvalue weighted by atomic mass is 32.2.